The Bertz CT molecular complexity index is 1420. The number of aromatic nitrogens is 4. The van der Waals surface area contributed by atoms with Crippen LogP contribution in [0.2, 0.25) is 0 Å². The van der Waals surface area contributed by atoms with Gasteiger partial charge in [-0.3, -0.25) is 9.48 Å². The topological polar surface area (TPSA) is 132 Å². The highest BCUT2D eigenvalue weighted by Crippen LogP contribution is 2.32. The van der Waals surface area contributed by atoms with Crippen molar-refractivity contribution in [3.05, 3.63) is 29.5 Å². The number of hydrogen-bond donors (Lipinski definition) is 3. The van der Waals surface area contributed by atoms with Crippen LogP contribution in [0.4, 0.5) is 11.8 Å². The van der Waals surface area contributed by atoms with E-state index < -0.39 is 0 Å². The maximum absolute atomic E-state index is 12.3. The van der Waals surface area contributed by atoms with E-state index in [0.717, 1.165) is 87.3 Å². The van der Waals surface area contributed by atoms with E-state index in [2.05, 4.69) is 58.5 Å². The molecule has 0 aliphatic rings. The number of fused-ring (bicyclic) bond motifs is 1. The molecule has 0 saturated carbocycles. The second-order valence-corrected chi connectivity index (χ2v) is 14.7. The lowest BCUT2D eigenvalue weighted by atomic mass is 10.0. The lowest BCUT2D eigenvalue weighted by Crippen LogP contribution is -2.25. The summed E-state index contributed by atoms with van der Waals surface area (Å²) in [7, 11) is 5.49. The Hall–Kier alpha value is -3.60. The molecule has 11 heteroatoms. The molecule has 1 aromatic carbocycles. The number of nitrogens with zero attached hydrogens (tertiary/aromatic N) is 5. The first-order chi connectivity index (χ1) is 25.9. The molecule has 0 saturated heterocycles. The molecule has 0 fully saturated rings. The minimum atomic E-state index is 0.191. The normalized spacial score (nSPS) is 11.4. The lowest BCUT2D eigenvalue weighted by Gasteiger charge is -2.20. The maximum Gasteiger partial charge on any atom is 0.222 e. The van der Waals surface area contributed by atoms with Crippen molar-refractivity contribution < 1.29 is 14.3 Å². The maximum atomic E-state index is 12.3. The van der Waals surface area contributed by atoms with Crippen molar-refractivity contribution in [3.8, 4) is 11.5 Å². The molecule has 53 heavy (non-hydrogen) atoms. The molecule has 2 heterocycles. The zero-order valence-corrected chi connectivity index (χ0v) is 33.9. The molecule has 0 aliphatic carbocycles. The van der Waals surface area contributed by atoms with Crippen molar-refractivity contribution in [2.24, 2.45) is 0 Å². The third kappa shape index (κ3) is 17.0. The number of carbonyl (C=O) groups is 1. The third-order valence-corrected chi connectivity index (χ3v) is 9.99. The number of methoxy groups -OCH3 is 2. The van der Waals surface area contributed by atoms with Gasteiger partial charge in [-0.15, -0.1) is 0 Å². The molecule has 0 radical (unpaired) electrons. The number of unbranched alkanes of at least 4 members (excludes halogenated alkanes) is 16. The number of carbonyl (C=O) groups excluding carboxylic acids is 1. The summed E-state index contributed by atoms with van der Waals surface area (Å²) in [5.41, 5.74) is 9.37. The summed E-state index contributed by atoms with van der Waals surface area (Å²) < 4.78 is 13.5. The fourth-order valence-electron chi connectivity index (χ4n) is 6.88. The lowest BCUT2D eigenvalue weighted by molar-refractivity contribution is -0.121. The minimum Gasteiger partial charge on any atom is -0.496 e. The first-order valence-electron chi connectivity index (χ1n) is 20.8. The van der Waals surface area contributed by atoms with Crippen LogP contribution in [0.15, 0.2) is 18.3 Å². The van der Waals surface area contributed by atoms with Crippen LogP contribution in [-0.2, 0) is 17.9 Å². The first kappa shape index (κ1) is 43.8. The number of nitrogens with two attached hydrogens (primary N) is 1. The number of anilines is 2. The van der Waals surface area contributed by atoms with Crippen LogP contribution in [0.25, 0.3) is 11.0 Å². The van der Waals surface area contributed by atoms with E-state index in [0.29, 0.717) is 29.8 Å². The van der Waals surface area contributed by atoms with Gasteiger partial charge in [-0.05, 0) is 57.0 Å². The van der Waals surface area contributed by atoms with Gasteiger partial charge in [-0.2, -0.15) is 10.1 Å². The van der Waals surface area contributed by atoms with Crippen LogP contribution >= 0.6 is 0 Å². The second-order valence-electron chi connectivity index (χ2n) is 14.7. The zero-order chi connectivity index (χ0) is 38.1. The van der Waals surface area contributed by atoms with Gasteiger partial charge in [-0.1, -0.05) is 110 Å². The third-order valence-electron chi connectivity index (χ3n) is 9.99. The quantitative estimate of drug-likeness (QED) is 0.0553. The highest BCUT2D eigenvalue weighted by molar-refractivity contribution is 5.85. The molecule has 298 valence electrons. The fraction of sp³-hybridized carbons (Fsp3) is 0.714. The summed E-state index contributed by atoms with van der Waals surface area (Å²) in [5, 5.41) is 11.3. The summed E-state index contributed by atoms with van der Waals surface area (Å²) in [4.78, 5) is 23.4. The van der Waals surface area contributed by atoms with Gasteiger partial charge in [0.1, 0.15) is 17.0 Å². The van der Waals surface area contributed by atoms with Crippen LogP contribution < -0.4 is 25.8 Å². The monoisotopic (exact) mass is 737 g/mol. The highest BCUT2D eigenvalue weighted by atomic mass is 16.5. The predicted octanol–water partition coefficient (Wildman–Crippen LogP) is 9.28. The Morgan fingerprint density at radius 2 is 1.36 bits per heavy atom. The standard InChI is InChI=1S/C42H72N8O3/c1-6-8-10-11-12-13-14-15-16-17-18-19-20-21-22-25-39(51)44-27-23-24-28-49(3)31-34-29-37(52-4)35(38(30-34)53-5)32-50-33-36-40(48-50)41(45-26-9-7-2)47-42(43)46-36/h29-30,33H,6-28,31-32H2,1-5H3,(H,44,51)(H3,43,45,46,47). The molecule has 2 aromatic heterocycles. The smallest absolute Gasteiger partial charge is 0.222 e. The van der Waals surface area contributed by atoms with Crippen LogP contribution in [-0.4, -0.2) is 71.5 Å². The van der Waals surface area contributed by atoms with Gasteiger partial charge in [0, 0.05) is 26.1 Å². The molecule has 3 aromatic rings. The molecule has 0 spiro atoms. The molecular formula is C42H72N8O3. The number of amides is 1. The largest absolute Gasteiger partial charge is 0.496 e. The average molecular weight is 737 g/mol. The van der Waals surface area contributed by atoms with Gasteiger partial charge in [0.2, 0.25) is 11.9 Å². The number of nitrogen functional groups attached to an aromatic ring is 1. The van der Waals surface area contributed by atoms with Crippen molar-refractivity contribution in [1.29, 1.82) is 0 Å². The second kappa shape index (κ2) is 26.2. The minimum absolute atomic E-state index is 0.191. The Morgan fingerprint density at radius 1 is 0.774 bits per heavy atom. The number of rotatable bonds is 31. The molecule has 0 atom stereocenters. The van der Waals surface area contributed by atoms with Crippen LogP contribution in [0, 0.1) is 0 Å². The van der Waals surface area contributed by atoms with E-state index in [9.17, 15) is 4.79 Å². The highest BCUT2D eigenvalue weighted by Gasteiger charge is 2.17. The number of nitrogens with one attached hydrogen (secondary N) is 2. The number of ether oxygens (including phenoxy) is 2. The number of benzene rings is 1. The van der Waals surface area contributed by atoms with E-state index in [1.165, 1.54) is 83.5 Å². The molecule has 11 nitrogen and oxygen atoms in total. The molecule has 4 N–H and O–H groups in total. The molecule has 0 bridgehead atoms. The van der Waals surface area contributed by atoms with E-state index >= 15 is 0 Å². The summed E-state index contributed by atoms with van der Waals surface area (Å²) in [6.45, 7) is 8.09. The van der Waals surface area contributed by atoms with Crippen LogP contribution in [0.3, 0.4) is 0 Å². The van der Waals surface area contributed by atoms with E-state index in [-0.39, 0.29) is 11.9 Å². The Morgan fingerprint density at radius 3 is 1.94 bits per heavy atom. The van der Waals surface area contributed by atoms with Crippen molar-refractivity contribution >= 4 is 28.7 Å². The van der Waals surface area contributed by atoms with Gasteiger partial charge in [0.05, 0.1) is 32.5 Å². The van der Waals surface area contributed by atoms with Gasteiger partial charge in [0.25, 0.3) is 0 Å². The van der Waals surface area contributed by atoms with E-state index in [1.54, 1.807) is 14.2 Å². The summed E-state index contributed by atoms with van der Waals surface area (Å²) >= 11 is 0. The summed E-state index contributed by atoms with van der Waals surface area (Å²) in [6, 6.07) is 4.15. The molecule has 1 amide bonds. The van der Waals surface area contributed by atoms with Crippen LogP contribution in [0.1, 0.15) is 153 Å². The average Bonchev–Trinajstić information content (AvgIpc) is 3.55. The fourth-order valence-corrected chi connectivity index (χ4v) is 6.88. The Kier molecular flexibility index (Phi) is 21.7. The van der Waals surface area contributed by atoms with Gasteiger partial charge in [0.15, 0.2) is 11.3 Å². The van der Waals surface area contributed by atoms with Crippen molar-refractivity contribution in [1.82, 2.24) is 30.0 Å². The molecular weight excluding hydrogens is 665 g/mol. The van der Waals surface area contributed by atoms with Crippen molar-refractivity contribution in [2.45, 2.75) is 155 Å². The molecule has 0 unspecified atom stereocenters. The van der Waals surface area contributed by atoms with E-state index in [4.69, 9.17) is 20.3 Å². The zero-order valence-electron chi connectivity index (χ0n) is 33.9. The van der Waals surface area contributed by atoms with Gasteiger partial charge < -0.3 is 30.7 Å². The van der Waals surface area contributed by atoms with Crippen LogP contribution in [0.5, 0.6) is 11.5 Å². The first-order valence-corrected chi connectivity index (χ1v) is 20.8. The Balaban J connectivity index is 1.30. The predicted molar refractivity (Wildman–Crippen MR) is 220 cm³/mol. The van der Waals surface area contributed by atoms with Gasteiger partial charge >= 0.3 is 0 Å². The molecule has 0 aliphatic heterocycles. The van der Waals surface area contributed by atoms with Crippen molar-refractivity contribution in [3.63, 3.8) is 0 Å². The Labute approximate surface area is 320 Å². The van der Waals surface area contributed by atoms with Gasteiger partial charge in [-0.25, -0.2) is 4.98 Å². The SMILES string of the molecule is CCCCCCCCCCCCCCCCCC(=O)NCCCCN(C)Cc1cc(OC)c(Cn2cc3nc(N)nc(NCCCC)c3n2)c(OC)c1. The van der Waals surface area contributed by atoms with Crippen molar-refractivity contribution in [2.75, 3.05) is 52.0 Å². The number of hydrogen-bond acceptors (Lipinski definition) is 9. The molecule has 3 rings (SSSR count). The summed E-state index contributed by atoms with van der Waals surface area (Å²) in [5.74, 6) is 2.55. The van der Waals surface area contributed by atoms with E-state index in [1.807, 2.05) is 10.9 Å². The summed E-state index contributed by atoms with van der Waals surface area (Å²) in [6.07, 6.45) is 26.7.